The fourth-order valence-corrected chi connectivity index (χ4v) is 2.54. The first-order valence-corrected chi connectivity index (χ1v) is 6.22. The second-order valence-electron chi connectivity index (χ2n) is 3.82. The monoisotopic (exact) mass is 277 g/mol. The molecule has 0 spiro atoms. The molecule has 0 N–H and O–H groups in total. The van der Waals surface area contributed by atoms with Crippen LogP contribution < -0.4 is 4.90 Å². The first-order valence-electron chi connectivity index (χ1n) is 4.93. The Hall–Kier alpha value is -0.440. The highest BCUT2D eigenvalue weighted by Gasteiger charge is 2.30. The highest BCUT2D eigenvalue weighted by molar-refractivity contribution is 6.36. The van der Waals surface area contributed by atoms with Crippen molar-refractivity contribution in [2.45, 2.75) is 6.42 Å². The number of benzene rings is 1. The second kappa shape index (κ2) is 4.82. The molecule has 1 aromatic rings. The molecule has 5 heteroatoms. The van der Waals surface area contributed by atoms with Gasteiger partial charge in [-0.05, 0) is 24.1 Å². The predicted molar refractivity (Wildman–Crippen MR) is 67.6 cm³/mol. The molecule has 2 nitrogen and oxygen atoms in total. The van der Waals surface area contributed by atoms with Crippen molar-refractivity contribution in [3.63, 3.8) is 0 Å². The lowest BCUT2D eigenvalue weighted by Gasteiger charge is -2.17. The molecule has 1 heterocycles. The Morgan fingerprint density at radius 3 is 2.69 bits per heavy atom. The van der Waals surface area contributed by atoms with Crippen LogP contribution in [0, 0.1) is 5.92 Å². The van der Waals surface area contributed by atoms with E-state index in [9.17, 15) is 4.79 Å². The number of halogens is 3. The summed E-state index contributed by atoms with van der Waals surface area (Å²) in [5.41, 5.74) is 0.712. The standard InChI is InChI=1S/C11H10Cl3NO/c12-5-7-3-11(16)15(6-7)10-2-1-8(13)4-9(10)14/h1-2,4,7H,3,5-6H2. The number of hydrogen-bond donors (Lipinski definition) is 0. The van der Waals surface area contributed by atoms with Crippen molar-refractivity contribution < 1.29 is 4.79 Å². The lowest BCUT2D eigenvalue weighted by molar-refractivity contribution is -0.117. The number of nitrogens with zero attached hydrogens (tertiary/aromatic N) is 1. The van der Waals surface area contributed by atoms with E-state index in [1.165, 1.54) is 0 Å². The highest BCUT2D eigenvalue weighted by Crippen LogP contribution is 2.33. The third-order valence-electron chi connectivity index (χ3n) is 2.62. The molecule has 1 aliphatic heterocycles. The average molecular weight is 279 g/mol. The van der Waals surface area contributed by atoms with Crippen LogP contribution in [0.5, 0.6) is 0 Å². The van der Waals surface area contributed by atoms with Gasteiger partial charge in [-0.15, -0.1) is 11.6 Å². The highest BCUT2D eigenvalue weighted by atomic mass is 35.5. The van der Waals surface area contributed by atoms with Crippen LogP contribution in [0.3, 0.4) is 0 Å². The minimum Gasteiger partial charge on any atom is -0.311 e. The van der Waals surface area contributed by atoms with E-state index in [2.05, 4.69) is 0 Å². The van der Waals surface area contributed by atoms with Crippen LogP contribution in [0.4, 0.5) is 5.69 Å². The summed E-state index contributed by atoms with van der Waals surface area (Å²) in [5, 5.41) is 1.06. The maximum absolute atomic E-state index is 11.8. The molecular weight excluding hydrogens is 268 g/mol. The molecule has 1 unspecified atom stereocenters. The number of carbonyl (C=O) groups excluding carboxylic acids is 1. The summed E-state index contributed by atoms with van der Waals surface area (Å²) < 4.78 is 0. The number of rotatable bonds is 2. The minimum absolute atomic E-state index is 0.0647. The number of alkyl halides is 1. The number of amides is 1. The van der Waals surface area contributed by atoms with Crippen LogP contribution in [0.2, 0.25) is 10.0 Å². The Kier molecular flexibility index (Phi) is 3.63. The lowest BCUT2D eigenvalue weighted by atomic mass is 10.1. The SMILES string of the molecule is O=C1CC(CCl)CN1c1ccc(Cl)cc1Cl. The fourth-order valence-electron chi connectivity index (χ4n) is 1.82. The van der Waals surface area contributed by atoms with E-state index < -0.39 is 0 Å². The summed E-state index contributed by atoms with van der Waals surface area (Å²) >= 11 is 17.6. The number of carbonyl (C=O) groups is 1. The summed E-state index contributed by atoms with van der Waals surface area (Å²) in [4.78, 5) is 13.4. The van der Waals surface area contributed by atoms with Crippen molar-refractivity contribution in [3.05, 3.63) is 28.2 Å². The van der Waals surface area contributed by atoms with Crippen LogP contribution >= 0.6 is 34.8 Å². The zero-order valence-electron chi connectivity index (χ0n) is 8.42. The molecule has 1 saturated heterocycles. The van der Waals surface area contributed by atoms with Gasteiger partial charge in [0.2, 0.25) is 5.91 Å². The zero-order valence-corrected chi connectivity index (χ0v) is 10.7. The molecule has 2 rings (SSSR count). The first kappa shape index (κ1) is 12.0. The quantitative estimate of drug-likeness (QED) is 0.757. The van der Waals surface area contributed by atoms with E-state index in [1.807, 2.05) is 0 Å². The summed E-state index contributed by atoms with van der Waals surface area (Å²) in [6.07, 6.45) is 0.489. The Labute approximate surface area is 109 Å². The Morgan fingerprint density at radius 1 is 1.38 bits per heavy atom. The number of anilines is 1. The van der Waals surface area contributed by atoms with Gasteiger partial charge in [-0.25, -0.2) is 0 Å². The topological polar surface area (TPSA) is 20.3 Å². The molecule has 86 valence electrons. The van der Waals surface area contributed by atoms with E-state index in [4.69, 9.17) is 34.8 Å². The molecule has 0 radical (unpaired) electrons. The maximum Gasteiger partial charge on any atom is 0.227 e. The molecule has 1 amide bonds. The van der Waals surface area contributed by atoms with Gasteiger partial charge < -0.3 is 4.90 Å². The third kappa shape index (κ3) is 2.29. The molecular formula is C11H10Cl3NO. The third-order valence-corrected chi connectivity index (χ3v) is 3.60. The van der Waals surface area contributed by atoms with E-state index >= 15 is 0 Å². The van der Waals surface area contributed by atoms with Crippen LogP contribution in [0.15, 0.2) is 18.2 Å². The molecule has 16 heavy (non-hydrogen) atoms. The molecule has 0 aromatic heterocycles. The molecule has 1 fully saturated rings. The number of hydrogen-bond acceptors (Lipinski definition) is 1. The zero-order chi connectivity index (χ0) is 11.7. The Balaban J connectivity index is 2.28. The molecule has 1 aromatic carbocycles. The van der Waals surface area contributed by atoms with Crippen LogP contribution in [0.25, 0.3) is 0 Å². The molecule has 0 saturated carbocycles. The lowest BCUT2D eigenvalue weighted by Crippen LogP contribution is -2.24. The molecule has 0 aliphatic carbocycles. The molecule has 1 atom stereocenters. The summed E-state index contributed by atoms with van der Waals surface area (Å²) in [5.74, 6) is 0.767. The van der Waals surface area contributed by atoms with Crippen LogP contribution in [-0.2, 0) is 4.79 Å². The van der Waals surface area contributed by atoms with Gasteiger partial charge in [-0.2, -0.15) is 0 Å². The second-order valence-corrected chi connectivity index (χ2v) is 4.98. The Morgan fingerprint density at radius 2 is 2.12 bits per heavy atom. The molecule has 1 aliphatic rings. The first-order chi connectivity index (χ1) is 7.61. The summed E-state index contributed by atoms with van der Waals surface area (Å²) in [6.45, 7) is 0.629. The van der Waals surface area contributed by atoms with E-state index in [0.29, 0.717) is 34.6 Å². The molecule has 0 bridgehead atoms. The van der Waals surface area contributed by atoms with Crippen molar-refractivity contribution in [2.75, 3.05) is 17.3 Å². The van der Waals surface area contributed by atoms with Gasteiger partial charge in [0.15, 0.2) is 0 Å². The van der Waals surface area contributed by atoms with Crippen LogP contribution in [-0.4, -0.2) is 18.3 Å². The predicted octanol–water partition coefficient (Wildman–Crippen LogP) is 3.59. The van der Waals surface area contributed by atoms with E-state index in [-0.39, 0.29) is 11.8 Å². The van der Waals surface area contributed by atoms with Crippen molar-refractivity contribution in [3.8, 4) is 0 Å². The summed E-state index contributed by atoms with van der Waals surface area (Å²) in [7, 11) is 0. The van der Waals surface area contributed by atoms with Gasteiger partial charge in [-0.1, -0.05) is 23.2 Å². The normalized spacial score (nSPS) is 20.6. The van der Waals surface area contributed by atoms with E-state index in [1.54, 1.807) is 23.1 Å². The van der Waals surface area contributed by atoms with Gasteiger partial charge in [0, 0.05) is 23.9 Å². The average Bonchev–Trinajstić information content (AvgIpc) is 2.60. The van der Waals surface area contributed by atoms with Crippen molar-refractivity contribution in [2.24, 2.45) is 5.92 Å². The van der Waals surface area contributed by atoms with Gasteiger partial charge >= 0.3 is 0 Å². The van der Waals surface area contributed by atoms with Crippen molar-refractivity contribution in [1.82, 2.24) is 0 Å². The van der Waals surface area contributed by atoms with Crippen molar-refractivity contribution in [1.29, 1.82) is 0 Å². The van der Waals surface area contributed by atoms with Gasteiger partial charge in [0.1, 0.15) is 0 Å². The van der Waals surface area contributed by atoms with Crippen LogP contribution in [0.1, 0.15) is 6.42 Å². The van der Waals surface area contributed by atoms with Gasteiger partial charge in [0.25, 0.3) is 0 Å². The van der Waals surface area contributed by atoms with Gasteiger partial charge in [0.05, 0.1) is 10.7 Å². The van der Waals surface area contributed by atoms with E-state index in [0.717, 1.165) is 0 Å². The largest absolute Gasteiger partial charge is 0.311 e. The smallest absolute Gasteiger partial charge is 0.227 e. The Bertz CT molecular complexity index is 422. The minimum atomic E-state index is 0.0647. The van der Waals surface area contributed by atoms with Crippen molar-refractivity contribution >= 4 is 46.4 Å². The summed E-state index contributed by atoms with van der Waals surface area (Å²) in [6, 6.07) is 5.13. The maximum atomic E-state index is 11.8. The fraction of sp³-hybridized carbons (Fsp3) is 0.364. The van der Waals surface area contributed by atoms with Gasteiger partial charge in [-0.3, -0.25) is 4.79 Å².